The molecule has 5 heteroatoms. The molecule has 0 saturated heterocycles. The van der Waals surface area contributed by atoms with E-state index in [0.717, 1.165) is 12.0 Å². The van der Waals surface area contributed by atoms with Crippen LogP contribution in [0.3, 0.4) is 0 Å². The van der Waals surface area contributed by atoms with Crippen molar-refractivity contribution in [2.75, 3.05) is 14.2 Å². The fourth-order valence-electron chi connectivity index (χ4n) is 2.10. The quantitative estimate of drug-likeness (QED) is 0.769. The van der Waals surface area contributed by atoms with Gasteiger partial charge in [0.15, 0.2) is 0 Å². The van der Waals surface area contributed by atoms with Gasteiger partial charge in [-0.05, 0) is 46.5 Å². The van der Waals surface area contributed by atoms with Gasteiger partial charge in [-0.25, -0.2) is 4.79 Å². The molecule has 22 heavy (non-hydrogen) atoms. The summed E-state index contributed by atoms with van der Waals surface area (Å²) in [4.78, 5) is 25.2. The van der Waals surface area contributed by atoms with Crippen molar-refractivity contribution < 1.29 is 14.3 Å². The molecule has 0 spiro atoms. The molecule has 0 radical (unpaired) electrons. The van der Waals surface area contributed by atoms with Crippen molar-refractivity contribution in [1.29, 1.82) is 0 Å². The number of amides is 1. The van der Waals surface area contributed by atoms with Gasteiger partial charge < -0.3 is 9.64 Å². The second-order valence-electron chi connectivity index (χ2n) is 5.07. The van der Waals surface area contributed by atoms with Gasteiger partial charge in [0.05, 0.1) is 12.7 Å². The van der Waals surface area contributed by atoms with E-state index < -0.39 is 0 Å². The Morgan fingerprint density at radius 2 is 1.86 bits per heavy atom. The summed E-state index contributed by atoms with van der Waals surface area (Å²) in [6, 6.07) is 9.16. The standard InChI is InChI=1S/C17H19NO3S/c1-18(16(19)8-5-14-9-10-22-12-14)11-13-3-6-15(7-4-13)17(20)21-2/h3-4,6-7,9-10,12H,5,8,11H2,1-2H3. The highest BCUT2D eigenvalue weighted by molar-refractivity contribution is 7.07. The van der Waals surface area contributed by atoms with Gasteiger partial charge in [-0.2, -0.15) is 11.3 Å². The van der Waals surface area contributed by atoms with Crippen LogP contribution in [0.1, 0.15) is 27.9 Å². The second kappa shape index (κ2) is 7.75. The summed E-state index contributed by atoms with van der Waals surface area (Å²) in [6.07, 6.45) is 1.28. The molecule has 4 nitrogen and oxygen atoms in total. The van der Waals surface area contributed by atoms with E-state index in [0.29, 0.717) is 18.5 Å². The number of hydrogen-bond donors (Lipinski definition) is 0. The van der Waals surface area contributed by atoms with E-state index in [1.807, 2.05) is 23.6 Å². The molecule has 1 heterocycles. The average molecular weight is 317 g/mol. The highest BCUT2D eigenvalue weighted by Crippen LogP contribution is 2.11. The number of esters is 1. The number of aryl methyl sites for hydroxylation is 1. The van der Waals surface area contributed by atoms with Crippen molar-refractivity contribution in [1.82, 2.24) is 4.90 Å². The predicted octanol–water partition coefficient (Wildman–Crippen LogP) is 3.13. The summed E-state index contributed by atoms with van der Waals surface area (Å²) in [6.45, 7) is 0.532. The van der Waals surface area contributed by atoms with E-state index in [-0.39, 0.29) is 11.9 Å². The Morgan fingerprint density at radius 3 is 2.45 bits per heavy atom. The van der Waals surface area contributed by atoms with E-state index in [1.54, 1.807) is 35.4 Å². The van der Waals surface area contributed by atoms with Crippen LogP contribution < -0.4 is 0 Å². The van der Waals surface area contributed by atoms with Gasteiger partial charge in [-0.3, -0.25) is 4.79 Å². The molecule has 0 atom stereocenters. The zero-order valence-corrected chi connectivity index (χ0v) is 13.6. The van der Waals surface area contributed by atoms with Gasteiger partial charge >= 0.3 is 5.97 Å². The maximum atomic E-state index is 12.1. The number of methoxy groups -OCH3 is 1. The van der Waals surface area contributed by atoms with E-state index >= 15 is 0 Å². The number of carbonyl (C=O) groups excluding carboxylic acids is 2. The Morgan fingerprint density at radius 1 is 1.14 bits per heavy atom. The number of thiophene rings is 1. The van der Waals surface area contributed by atoms with Gasteiger partial charge in [-0.15, -0.1) is 0 Å². The number of ether oxygens (including phenoxy) is 1. The van der Waals surface area contributed by atoms with Crippen LogP contribution in [0.15, 0.2) is 41.1 Å². The number of rotatable bonds is 6. The first-order valence-corrected chi connectivity index (χ1v) is 7.96. The third-order valence-electron chi connectivity index (χ3n) is 3.43. The lowest BCUT2D eigenvalue weighted by Gasteiger charge is -2.17. The van der Waals surface area contributed by atoms with Gasteiger partial charge in [-0.1, -0.05) is 12.1 Å². The molecule has 0 saturated carbocycles. The normalized spacial score (nSPS) is 10.3. The van der Waals surface area contributed by atoms with Crippen LogP contribution in [0.4, 0.5) is 0 Å². The fraction of sp³-hybridized carbons (Fsp3) is 0.294. The van der Waals surface area contributed by atoms with Crippen molar-refractivity contribution in [3.05, 3.63) is 57.8 Å². The van der Waals surface area contributed by atoms with E-state index in [2.05, 4.69) is 10.1 Å². The Labute approximate surface area is 134 Å². The van der Waals surface area contributed by atoms with Crippen molar-refractivity contribution in [2.24, 2.45) is 0 Å². The highest BCUT2D eigenvalue weighted by atomic mass is 32.1. The molecular formula is C17H19NO3S. The number of nitrogens with zero attached hydrogens (tertiary/aromatic N) is 1. The van der Waals surface area contributed by atoms with Crippen molar-refractivity contribution in [3.63, 3.8) is 0 Å². The molecule has 0 N–H and O–H groups in total. The van der Waals surface area contributed by atoms with Gasteiger partial charge in [0.25, 0.3) is 0 Å². The molecule has 0 aliphatic heterocycles. The van der Waals surface area contributed by atoms with E-state index in [1.165, 1.54) is 12.7 Å². The Hall–Kier alpha value is -2.14. The molecule has 1 aromatic heterocycles. The molecule has 0 unspecified atom stereocenters. The minimum absolute atomic E-state index is 0.114. The van der Waals surface area contributed by atoms with E-state index in [4.69, 9.17) is 0 Å². The number of hydrogen-bond acceptors (Lipinski definition) is 4. The third-order valence-corrected chi connectivity index (χ3v) is 4.16. The van der Waals surface area contributed by atoms with Crippen molar-refractivity contribution in [2.45, 2.75) is 19.4 Å². The lowest BCUT2D eigenvalue weighted by Crippen LogP contribution is -2.26. The number of benzene rings is 1. The monoisotopic (exact) mass is 317 g/mol. The van der Waals surface area contributed by atoms with Crippen LogP contribution in [-0.4, -0.2) is 30.9 Å². The first kappa shape index (κ1) is 16.2. The molecule has 2 aromatic rings. The number of carbonyl (C=O) groups is 2. The predicted molar refractivity (Wildman–Crippen MR) is 86.9 cm³/mol. The molecule has 0 fully saturated rings. The lowest BCUT2D eigenvalue weighted by molar-refractivity contribution is -0.130. The molecule has 116 valence electrons. The van der Waals surface area contributed by atoms with Crippen LogP contribution >= 0.6 is 11.3 Å². The minimum Gasteiger partial charge on any atom is -0.465 e. The Bertz CT molecular complexity index is 620. The third kappa shape index (κ3) is 4.43. The summed E-state index contributed by atoms with van der Waals surface area (Å²) in [5, 5.41) is 4.09. The highest BCUT2D eigenvalue weighted by Gasteiger charge is 2.10. The van der Waals surface area contributed by atoms with Crippen LogP contribution in [0.25, 0.3) is 0 Å². The lowest BCUT2D eigenvalue weighted by atomic mass is 10.1. The average Bonchev–Trinajstić information content (AvgIpc) is 3.06. The Balaban J connectivity index is 1.86. The molecule has 0 aliphatic rings. The maximum absolute atomic E-state index is 12.1. The smallest absolute Gasteiger partial charge is 0.337 e. The van der Waals surface area contributed by atoms with Gasteiger partial charge in [0.2, 0.25) is 5.91 Å². The van der Waals surface area contributed by atoms with Crippen LogP contribution in [-0.2, 0) is 22.5 Å². The van der Waals surface area contributed by atoms with Crippen LogP contribution in [0.5, 0.6) is 0 Å². The molecular weight excluding hydrogens is 298 g/mol. The summed E-state index contributed by atoms with van der Waals surface area (Å²) >= 11 is 1.65. The first-order valence-electron chi connectivity index (χ1n) is 7.02. The van der Waals surface area contributed by atoms with Gasteiger partial charge in [0, 0.05) is 20.0 Å². The summed E-state index contributed by atoms with van der Waals surface area (Å²) in [5.74, 6) is -0.241. The maximum Gasteiger partial charge on any atom is 0.337 e. The SMILES string of the molecule is COC(=O)c1ccc(CN(C)C(=O)CCc2ccsc2)cc1. The minimum atomic E-state index is -0.355. The molecule has 1 amide bonds. The fourth-order valence-corrected chi connectivity index (χ4v) is 2.81. The van der Waals surface area contributed by atoms with Crippen molar-refractivity contribution in [3.8, 4) is 0 Å². The summed E-state index contributed by atoms with van der Waals surface area (Å²) in [5.41, 5.74) is 2.70. The topological polar surface area (TPSA) is 46.6 Å². The second-order valence-corrected chi connectivity index (χ2v) is 5.85. The summed E-state index contributed by atoms with van der Waals surface area (Å²) in [7, 11) is 3.15. The largest absolute Gasteiger partial charge is 0.465 e. The molecule has 0 bridgehead atoms. The zero-order chi connectivity index (χ0) is 15.9. The molecule has 2 rings (SSSR count). The summed E-state index contributed by atoms with van der Waals surface area (Å²) < 4.78 is 4.66. The Kier molecular flexibility index (Phi) is 5.72. The molecule has 0 aliphatic carbocycles. The van der Waals surface area contributed by atoms with E-state index in [9.17, 15) is 9.59 Å². The zero-order valence-electron chi connectivity index (χ0n) is 12.7. The molecule has 1 aromatic carbocycles. The van der Waals surface area contributed by atoms with Crippen LogP contribution in [0.2, 0.25) is 0 Å². The van der Waals surface area contributed by atoms with Gasteiger partial charge in [0.1, 0.15) is 0 Å². The van der Waals surface area contributed by atoms with Crippen LogP contribution in [0, 0.1) is 0 Å². The van der Waals surface area contributed by atoms with Crippen molar-refractivity contribution >= 4 is 23.2 Å². The first-order chi connectivity index (χ1) is 10.6.